The minimum absolute atomic E-state index is 0.231. The van der Waals surface area contributed by atoms with Crippen LogP contribution < -0.4 is 0 Å². The first-order valence-electron chi connectivity index (χ1n) is 8.99. The van der Waals surface area contributed by atoms with Crippen molar-refractivity contribution in [2.75, 3.05) is 26.2 Å². The fourth-order valence-corrected chi connectivity index (χ4v) is 3.41. The van der Waals surface area contributed by atoms with E-state index >= 15 is 0 Å². The quantitative estimate of drug-likeness (QED) is 0.822. The maximum Gasteiger partial charge on any atom is 0.224 e. The highest BCUT2D eigenvalue weighted by molar-refractivity contribution is 5.76. The smallest absolute Gasteiger partial charge is 0.224 e. The molecule has 0 N–H and O–H groups in total. The number of imidazole rings is 1. The highest BCUT2D eigenvalue weighted by Crippen LogP contribution is 2.10. The predicted octanol–water partition coefficient (Wildman–Crippen LogP) is 1.36. The minimum Gasteiger partial charge on any atom is -0.341 e. The predicted molar refractivity (Wildman–Crippen MR) is 96.0 cm³/mol. The Morgan fingerprint density at radius 2 is 2.04 bits per heavy atom. The summed E-state index contributed by atoms with van der Waals surface area (Å²) in [6.45, 7) is 9.15. The Labute approximate surface area is 149 Å². The zero-order valence-electron chi connectivity index (χ0n) is 15.5. The number of carbonyl (C=O) groups is 1. The SMILES string of the molecule is Cc1cc(C)n(CCC(=O)N2CCCN(Cc3cncn3C)CC2)n1. The van der Waals surface area contributed by atoms with Crippen LogP contribution in [-0.2, 0) is 24.9 Å². The first-order chi connectivity index (χ1) is 12.0. The molecule has 0 atom stereocenters. The van der Waals surface area contributed by atoms with Crippen LogP contribution in [0.4, 0.5) is 0 Å². The van der Waals surface area contributed by atoms with Gasteiger partial charge < -0.3 is 9.47 Å². The molecular weight excluding hydrogens is 316 g/mol. The van der Waals surface area contributed by atoms with Crippen LogP contribution in [0.3, 0.4) is 0 Å². The van der Waals surface area contributed by atoms with E-state index in [9.17, 15) is 4.79 Å². The Balaban J connectivity index is 1.49. The molecule has 1 saturated heterocycles. The molecule has 0 unspecified atom stereocenters. The van der Waals surface area contributed by atoms with Gasteiger partial charge in [0.2, 0.25) is 5.91 Å². The Hall–Kier alpha value is -2.15. The molecule has 25 heavy (non-hydrogen) atoms. The van der Waals surface area contributed by atoms with Gasteiger partial charge in [-0.05, 0) is 26.3 Å². The number of rotatable bonds is 5. The van der Waals surface area contributed by atoms with Gasteiger partial charge in [-0.1, -0.05) is 0 Å². The van der Waals surface area contributed by atoms with Crippen molar-refractivity contribution < 1.29 is 4.79 Å². The average Bonchev–Trinajstić information content (AvgIpc) is 3.02. The van der Waals surface area contributed by atoms with Crippen molar-refractivity contribution in [3.8, 4) is 0 Å². The van der Waals surface area contributed by atoms with E-state index < -0.39 is 0 Å². The van der Waals surface area contributed by atoms with Crippen LogP contribution >= 0.6 is 0 Å². The molecule has 0 radical (unpaired) electrons. The van der Waals surface area contributed by atoms with Crippen LogP contribution in [-0.4, -0.2) is 61.2 Å². The van der Waals surface area contributed by atoms with Crippen molar-refractivity contribution in [3.63, 3.8) is 0 Å². The molecule has 0 aliphatic carbocycles. The Morgan fingerprint density at radius 3 is 2.72 bits per heavy atom. The summed E-state index contributed by atoms with van der Waals surface area (Å²) in [5.41, 5.74) is 3.33. The van der Waals surface area contributed by atoms with E-state index in [1.807, 2.05) is 49.1 Å². The summed E-state index contributed by atoms with van der Waals surface area (Å²) in [6.07, 6.45) is 5.29. The Kier molecular flexibility index (Phi) is 5.53. The molecule has 136 valence electrons. The molecule has 0 saturated carbocycles. The van der Waals surface area contributed by atoms with Crippen molar-refractivity contribution in [2.45, 2.75) is 39.8 Å². The third-order valence-corrected chi connectivity index (χ3v) is 4.88. The van der Waals surface area contributed by atoms with Crippen molar-refractivity contribution in [3.05, 3.63) is 35.7 Å². The van der Waals surface area contributed by atoms with Gasteiger partial charge in [0.25, 0.3) is 0 Å². The zero-order chi connectivity index (χ0) is 17.8. The molecule has 2 aromatic heterocycles. The first kappa shape index (κ1) is 17.7. The van der Waals surface area contributed by atoms with E-state index in [1.165, 1.54) is 5.69 Å². The van der Waals surface area contributed by atoms with Crippen molar-refractivity contribution >= 4 is 5.91 Å². The van der Waals surface area contributed by atoms with E-state index in [4.69, 9.17) is 0 Å². The topological polar surface area (TPSA) is 59.2 Å². The highest BCUT2D eigenvalue weighted by Gasteiger charge is 2.20. The van der Waals surface area contributed by atoms with E-state index in [2.05, 4.69) is 19.5 Å². The van der Waals surface area contributed by atoms with Gasteiger partial charge >= 0.3 is 0 Å². The van der Waals surface area contributed by atoms with Gasteiger partial charge in [0.05, 0.1) is 17.7 Å². The molecule has 0 bridgehead atoms. The molecular formula is C18H28N6O. The largest absolute Gasteiger partial charge is 0.341 e. The van der Waals surface area contributed by atoms with Gasteiger partial charge in [-0.3, -0.25) is 14.4 Å². The first-order valence-corrected chi connectivity index (χ1v) is 8.99. The lowest BCUT2D eigenvalue weighted by Crippen LogP contribution is -2.35. The van der Waals surface area contributed by atoms with Crippen molar-refractivity contribution in [2.24, 2.45) is 7.05 Å². The fraction of sp³-hybridized carbons (Fsp3) is 0.611. The third-order valence-electron chi connectivity index (χ3n) is 4.88. The average molecular weight is 344 g/mol. The molecule has 1 amide bonds. The Bertz CT molecular complexity index is 719. The molecule has 1 aliphatic rings. The van der Waals surface area contributed by atoms with E-state index in [1.54, 1.807) is 0 Å². The van der Waals surface area contributed by atoms with Crippen LogP contribution in [0.25, 0.3) is 0 Å². The lowest BCUT2D eigenvalue weighted by atomic mass is 10.3. The lowest BCUT2D eigenvalue weighted by molar-refractivity contribution is -0.131. The minimum atomic E-state index is 0.231. The summed E-state index contributed by atoms with van der Waals surface area (Å²) in [5.74, 6) is 0.231. The standard InChI is InChI=1S/C18H28N6O/c1-15-11-16(2)24(20-15)8-5-18(25)23-7-4-6-22(9-10-23)13-17-12-19-14-21(17)3/h11-12,14H,4-10,13H2,1-3H3. The second-order valence-electron chi connectivity index (χ2n) is 6.91. The van der Waals surface area contributed by atoms with Crippen LogP contribution in [0.1, 0.15) is 29.9 Å². The number of hydrogen-bond acceptors (Lipinski definition) is 4. The van der Waals surface area contributed by atoms with E-state index in [-0.39, 0.29) is 5.91 Å². The van der Waals surface area contributed by atoms with Gasteiger partial charge in [-0.2, -0.15) is 5.10 Å². The lowest BCUT2D eigenvalue weighted by Gasteiger charge is -2.22. The number of nitrogens with zero attached hydrogens (tertiary/aromatic N) is 6. The Morgan fingerprint density at radius 1 is 1.20 bits per heavy atom. The summed E-state index contributed by atoms with van der Waals surface area (Å²) in [6, 6.07) is 2.05. The molecule has 3 heterocycles. The molecule has 0 spiro atoms. The summed E-state index contributed by atoms with van der Waals surface area (Å²) in [7, 11) is 2.02. The summed E-state index contributed by atoms with van der Waals surface area (Å²) < 4.78 is 3.99. The maximum atomic E-state index is 12.6. The number of amides is 1. The van der Waals surface area contributed by atoms with E-state index in [0.29, 0.717) is 13.0 Å². The van der Waals surface area contributed by atoms with Crippen LogP contribution in [0.5, 0.6) is 0 Å². The molecule has 2 aromatic rings. The number of carbonyl (C=O) groups excluding carboxylic acids is 1. The monoisotopic (exact) mass is 344 g/mol. The second-order valence-corrected chi connectivity index (χ2v) is 6.91. The maximum absolute atomic E-state index is 12.6. The van der Waals surface area contributed by atoms with E-state index in [0.717, 1.165) is 50.5 Å². The van der Waals surface area contributed by atoms with Crippen LogP contribution in [0.2, 0.25) is 0 Å². The normalized spacial score (nSPS) is 16.2. The van der Waals surface area contributed by atoms with Gasteiger partial charge in [0.15, 0.2) is 0 Å². The molecule has 1 fully saturated rings. The zero-order valence-corrected chi connectivity index (χ0v) is 15.5. The van der Waals surface area contributed by atoms with Gasteiger partial charge in [0.1, 0.15) is 0 Å². The molecule has 3 rings (SSSR count). The number of hydrogen-bond donors (Lipinski definition) is 0. The summed E-state index contributed by atoms with van der Waals surface area (Å²) in [5, 5.41) is 4.44. The van der Waals surface area contributed by atoms with Crippen LogP contribution in [0, 0.1) is 13.8 Å². The molecule has 1 aliphatic heterocycles. The molecule has 7 heteroatoms. The summed E-state index contributed by atoms with van der Waals surface area (Å²) in [4.78, 5) is 21.2. The van der Waals surface area contributed by atoms with Gasteiger partial charge in [-0.15, -0.1) is 0 Å². The summed E-state index contributed by atoms with van der Waals surface area (Å²) >= 11 is 0. The third kappa shape index (κ3) is 4.48. The van der Waals surface area contributed by atoms with Gasteiger partial charge in [0, 0.05) is 64.6 Å². The van der Waals surface area contributed by atoms with Crippen molar-refractivity contribution in [1.29, 1.82) is 0 Å². The van der Waals surface area contributed by atoms with Gasteiger partial charge in [-0.25, -0.2) is 4.98 Å². The molecule has 0 aromatic carbocycles. The van der Waals surface area contributed by atoms with Crippen molar-refractivity contribution in [1.82, 2.24) is 29.1 Å². The number of aryl methyl sites for hydroxylation is 4. The second kappa shape index (κ2) is 7.82. The fourth-order valence-electron chi connectivity index (χ4n) is 3.41. The highest BCUT2D eigenvalue weighted by atomic mass is 16.2. The molecule has 7 nitrogen and oxygen atoms in total. The number of aromatic nitrogens is 4. The van der Waals surface area contributed by atoms with Crippen LogP contribution in [0.15, 0.2) is 18.6 Å².